The van der Waals surface area contributed by atoms with Crippen molar-refractivity contribution in [2.45, 2.75) is 26.7 Å². The number of aryl methyl sites for hydroxylation is 3. The Balaban J connectivity index is 1.61. The van der Waals surface area contributed by atoms with Gasteiger partial charge in [0.2, 0.25) is 5.91 Å². The Morgan fingerprint density at radius 2 is 2.04 bits per heavy atom. The Morgan fingerprint density at radius 1 is 1.21 bits per heavy atom. The van der Waals surface area contributed by atoms with Gasteiger partial charge in [0.1, 0.15) is 5.75 Å². The summed E-state index contributed by atoms with van der Waals surface area (Å²) < 4.78 is 5.33. The predicted molar refractivity (Wildman–Crippen MR) is 93.4 cm³/mol. The first-order valence-corrected chi connectivity index (χ1v) is 7.94. The molecule has 5 nitrogen and oxygen atoms in total. The summed E-state index contributed by atoms with van der Waals surface area (Å²) in [7, 11) is 0. The fraction of sp³-hybridized carbons (Fsp3) is 0.263. The minimum Gasteiger partial charge on any atom is -0.482 e. The van der Waals surface area contributed by atoms with Crippen molar-refractivity contribution in [2.75, 3.05) is 17.2 Å². The van der Waals surface area contributed by atoms with Crippen LogP contribution in [0, 0.1) is 13.8 Å². The largest absolute Gasteiger partial charge is 0.482 e. The maximum atomic E-state index is 12.2. The van der Waals surface area contributed by atoms with Crippen LogP contribution in [0.25, 0.3) is 0 Å². The first-order valence-electron chi connectivity index (χ1n) is 7.94. The zero-order chi connectivity index (χ0) is 17.1. The number of fused-ring (bicyclic) bond motifs is 1. The fourth-order valence-corrected chi connectivity index (χ4v) is 2.63. The van der Waals surface area contributed by atoms with Gasteiger partial charge in [-0.3, -0.25) is 9.59 Å². The molecule has 2 amide bonds. The molecule has 0 aromatic heterocycles. The molecule has 0 unspecified atom stereocenters. The number of hydrogen-bond donors (Lipinski definition) is 2. The Morgan fingerprint density at radius 3 is 2.88 bits per heavy atom. The molecule has 0 spiro atoms. The molecule has 124 valence electrons. The number of nitrogens with one attached hydrogen (secondary N) is 2. The minimum absolute atomic E-state index is 0.0262. The number of anilines is 2. The molecule has 2 aromatic rings. The molecule has 1 aliphatic heterocycles. The van der Waals surface area contributed by atoms with Crippen molar-refractivity contribution in [3.05, 3.63) is 53.1 Å². The van der Waals surface area contributed by atoms with Crippen LogP contribution in [0.15, 0.2) is 36.4 Å². The van der Waals surface area contributed by atoms with E-state index in [9.17, 15) is 9.59 Å². The maximum absolute atomic E-state index is 12.2. The van der Waals surface area contributed by atoms with E-state index in [1.54, 1.807) is 0 Å². The van der Waals surface area contributed by atoms with Gasteiger partial charge >= 0.3 is 0 Å². The van der Waals surface area contributed by atoms with Crippen molar-refractivity contribution < 1.29 is 14.3 Å². The Labute approximate surface area is 141 Å². The summed E-state index contributed by atoms with van der Waals surface area (Å²) in [6.45, 7) is 4.02. The van der Waals surface area contributed by atoms with Gasteiger partial charge in [-0.1, -0.05) is 18.2 Å². The zero-order valence-electron chi connectivity index (χ0n) is 13.8. The van der Waals surface area contributed by atoms with Crippen LogP contribution in [-0.2, 0) is 16.0 Å². The monoisotopic (exact) mass is 324 g/mol. The second kappa shape index (κ2) is 6.74. The van der Waals surface area contributed by atoms with Gasteiger partial charge in [-0.15, -0.1) is 0 Å². The molecule has 0 saturated carbocycles. The van der Waals surface area contributed by atoms with Crippen LogP contribution in [0.4, 0.5) is 11.4 Å². The molecular weight excluding hydrogens is 304 g/mol. The first kappa shape index (κ1) is 16.1. The van der Waals surface area contributed by atoms with Gasteiger partial charge in [-0.25, -0.2) is 0 Å². The molecule has 0 fully saturated rings. The average Bonchev–Trinajstić information content (AvgIpc) is 2.56. The van der Waals surface area contributed by atoms with Gasteiger partial charge in [-0.05, 0) is 55.2 Å². The van der Waals surface area contributed by atoms with E-state index in [2.05, 4.69) is 10.6 Å². The van der Waals surface area contributed by atoms with Gasteiger partial charge in [0, 0.05) is 12.1 Å². The van der Waals surface area contributed by atoms with Crippen LogP contribution < -0.4 is 15.4 Å². The summed E-state index contributed by atoms with van der Waals surface area (Å²) >= 11 is 0. The number of hydrogen-bond acceptors (Lipinski definition) is 3. The normalized spacial score (nSPS) is 12.8. The highest BCUT2D eigenvalue weighted by Gasteiger charge is 2.16. The van der Waals surface area contributed by atoms with E-state index in [0.29, 0.717) is 24.3 Å². The van der Waals surface area contributed by atoms with Crippen molar-refractivity contribution in [2.24, 2.45) is 0 Å². The fourth-order valence-electron chi connectivity index (χ4n) is 2.63. The van der Waals surface area contributed by atoms with Crippen LogP contribution in [0.2, 0.25) is 0 Å². The number of ether oxygens (including phenoxy) is 1. The van der Waals surface area contributed by atoms with Crippen molar-refractivity contribution in [1.29, 1.82) is 0 Å². The minimum atomic E-state index is -0.160. The lowest BCUT2D eigenvalue weighted by Gasteiger charge is -2.18. The van der Waals surface area contributed by atoms with Crippen LogP contribution in [-0.4, -0.2) is 18.4 Å². The van der Waals surface area contributed by atoms with Gasteiger partial charge in [0.15, 0.2) is 6.61 Å². The van der Waals surface area contributed by atoms with Crippen molar-refractivity contribution in [3.63, 3.8) is 0 Å². The third-order valence-corrected chi connectivity index (χ3v) is 3.98. The zero-order valence-corrected chi connectivity index (χ0v) is 13.8. The van der Waals surface area contributed by atoms with E-state index in [1.807, 2.05) is 50.2 Å². The summed E-state index contributed by atoms with van der Waals surface area (Å²) in [4.78, 5) is 23.6. The third kappa shape index (κ3) is 3.74. The van der Waals surface area contributed by atoms with Gasteiger partial charge in [0.25, 0.3) is 5.91 Å². The topological polar surface area (TPSA) is 67.4 Å². The molecule has 0 aliphatic carbocycles. The SMILES string of the molecule is Cc1ccc(C)c(NC(=O)CCc2ccc3c(c2)NC(=O)CO3)c1. The molecular formula is C19H20N2O3. The molecule has 0 bridgehead atoms. The molecule has 1 heterocycles. The molecule has 0 saturated heterocycles. The molecule has 2 N–H and O–H groups in total. The molecule has 0 radical (unpaired) electrons. The smallest absolute Gasteiger partial charge is 0.262 e. The van der Waals surface area contributed by atoms with E-state index < -0.39 is 0 Å². The highest BCUT2D eigenvalue weighted by molar-refractivity contribution is 5.95. The second-order valence-electron chi connectivity index (χ2n) is 6.03. The highest BCUT2D eigenvalue weighted by atomic mass is 16.5. The van der Waals surface area contributed by atoms with Crippen LogP contribution in [0.3, 0.4) is 0 Å². The quantitative estimate of drug-likeness (QED) is 0.907. The molecule has 3 rings (SSSR count). The lowest BCUT2D eigenvalue weighted by Crippen LogP contribution is -2.25. The first-order chi connectivity index (χ1) is 11.5. The number of carbonyl (C=O) groups is 2. The number of benzene rings is 2. The summed E-state index contributed by atoms with van der Waals surface area (Å²) in [5.74, 6) is 0.479. The van der Waals surface area contributed by atoms with Gasteiger partial charge in [-0.2, -0.15) is 0 Å². The van der Waals surface area contributed by atoms with Gasteiger partial charge < -0.3 is 15.4 Å². The Hall–Kier alpha value is -2.82. The van der Waals surface area contributed by atoms with Crippen LogP contribution in [0.5, 0.6) is 5.75 Å². The van der Waals surface area contributed by atoms with Crippen molar-refractivity contribution in [1.82, 2.24) is 0 Å². The lowest BCUT2D eigenvalue weighted by atomic mass is 10.1. The highest BCUT2D eigenvalue weighted by Crippen LogP contribution is 2.28. The van der Waals surface area contributed by atoms with E-state index in [1.165, 1.54) is 0 Å². The van der Waals surface area contributed by atoms with Crippen molar-refractivity contribution in [3.8, 4) is 5.75 Å². The third-order valence-electron chi connectivity index (χ3n) is 3.98. The Kier molecular flexibility index (Phi) is 4.51. The molecule has 24 heavy (non-hydrogen) atoms. The summed E-state index contributed by atoms with van der Waals surface area (Å²) in [6, 6.07) is 11.6. The van der Waals surface area contributed by atoms with Crippen LogP contribution >= 0.6 is 0 Å². The van der Waals surface area contributed by atoms with Crippen molar-refractivity contribution >= 4 is 23.2 Å². The molecule has 5 heteroatoms. The predicted octanol–water partition coefficient (Wildman–Crippen LogP) is 3.21. The molecule has 0 atom stereocenters. The standard InChI is InChI=1S/C19H20N2O3/c1-12-3-4-13(2)15(9-12)20-18(22)8-6-14-5-7-17-16(10-14)21-19(23)11-24-17/h3-5,7,9-10H,6,8,11H2,1-2H3,(H,20,22)(H,21,23). The van der Waals surface area contributed by atoms with E-state index >= 15 is 0 Å². The van der Waals surface area contributed by atoms with Gasteiger partial charge in [0.05, 0.1) is 5.69 Å². The lowest BCUT2D eigenvalue weighted by molar-refractivity contribution is -0.118. The Bertz CT molecular complexity index is 799. The second-order valence-corrected chi connectivity index (χ2v) is 6.03. The molecule has 1 aliphatic rings. The maximum Gasteiger partial charge on any atom is 0.262 e. The van der Waals surface area contributed by atoms with E-state index in [4.69, 9.17) is 4.74 Å². The number of rotatable bonds is 4. The average molecular weight is 324 g/mol. The summed E-state index contributed by atoms with van der Waals surface area (Å²) in [6.07, 6.45) is 0.973. The molecule has 2 aromatic carbocycles. The van der Waals surface area contributed by atoms with E-state index in [-0.39, 0.29) is 18.4 Å². The number of carbonyl (C=O) groups excluding carboxylic acids is 2. The summed E-state index contributed by atoms with van der Waals surface area (Å²) in [5, 5.41) is 5.73. The van der Waals surface area contributed by atoms with E-state index in [0.717, 1.165) is 22.4 Å². The number of amides is 2. The van der Waals surface area contributed by atoms with Crippen LogP contribution in [0.1, 0.15) is 23.1 Å². The summed E-state index contributed by atoms with van der Waals surface area (Å²) in [5.41, 5.74) is 4.66.